The predicted octanol–water partition coefficient (Wildman–Crippen LogP) is 4.52. The predicted molar refractivity (Wildman–Crippen MR) is 70.1 cm³/mol. The van der Waals surface area contributed by atoms with Crippen LogP contribution in [0.1, 0.15) is 10.4 Å². The summed E-state index contributed by atoms with van der Waals surface area (Å²) in [5, 5.41) is 1.00. The minimum atomic E-state index is 0.304. The molecular formula is C12H6Cl3NO. The van der Waals surface area contributed by atoms with Gasteiger partial charge in [0.05, 0.1) is 15.1 Å². The zero-order valence-corrected chi connectivity index (χ0v) is 10.7. The van der Waals surface area contributed by atoms with Gasteiger partial charge in [-0.25, -0.2) is 0 Å². The highest BCUT2D eigenvalue weighted by Gasteiger charge is 2.10. The van der Waals surface area contributed by atoms with Crippen LogP contribution in [0.2, 0.25) is 15.1 Å². The Balaban J connectivity index is 2.65. The smallest absolute Gasteiger partial charge is 0.152 e. The second-order valence-corrected chi connectivity index (χ2v) is 4.53. The van der Waals surface area contributed by atoms with E-state index >= 15 is 0 Å². The molecular weight excluding hydrogens is 280 g/mol. The Bertz CT molecular complexity index is 561. The van der Waals surface area contributed by atoms with E-state index in [0.29, 0.717) is 20.6 Å². The summed E-state index contributed by atoms with van der Waals surface area (Å²) >= 11 is 17.8. The highest BCUT2D eigenvalue weighted by molar-refractivity contribution is 6.48. The number of carbonyl (C=O) groups is 1. The van der Waals surface area contributed by atoms with Crippen LogP contribution in [0, 0.1) is 0 Å². The van der Waals surface area contributed by atoms with Crippen molar-refractivity contribution in [2.24, 2.45) is 0 Å². The highest BCUT2D eigenvalue weighted by atomic mass is 35.5. The van der Waals surface area contributed by atoms with E-state index in [1.807, 2.05) is 0 Å². The minimum Gasteiger partial charge on any atom is -0.298 e. The SMILES string of the molecule is O=Cc1cnccc1-c1cc(Cl)c(Cl)c(Cl)c1. The number of carbonyl (C=O) groups excluding carboxylic acids is 1. The van der Waals surface area contributed by atoms with Crippen molar-refractivity contribution >= 4 is 41.1 Å². The molecule has 1 aromatic heterocycles. The standard InChI is InChI=1S/C12H6Cl3NO/c13-10-3-7(4-11(14)12(10)15)9-1-2-16-5-8(9)6-17/h1-6H. The zero-order valence-electron chi connectivity index (χ0n) is 8.45. The van der Waals surface area contributed by atoms with Gasteiger partial charge in [-0.1, -0.05) is 34.8 Å². The quantitative estimate of drug-likeness (QED) is 0.600. The summed E-state index contributed by atoms with van der Waals surface area (Å²) in [5.74, 6) is 0. The molecule has 0 bridgehead atoms. The molecule has 0 fully saturated rings. The molecule has 1 aromatic carbocycles. The Morgan fingerprint density at radius 1 is 1.12 bits per heavy atom. The largest absolute Gasteiger partial charge is 0.298 e. The summed E-state index contributed by atoms with van der Waals surface area (Å²) in [6.07, 6.45) is 3.82. The number of pyridine rings is 1. The Morgan fingerprint density at radius 3 is 2.35 bits per heavy atom. The van der Waals surface area contributed by atoms with E-state index in [1.165, 1.54) is 6.20 Å². The van der Waals surface area contributed by atoms with Crippen LogP contribution in [0.25, 0.3) is 11.1 Å². The summed E-state index contributed by atoms with van der Waals surface area (Å²) in [5.41, 5.74) is 1.92. The van der Waals surface area contributed by atoms with E-state index in [2.05, 4.69) is 4.98 Å². The summed E-state index contributed by atoms with van der Waals surface area (Å²) in [7, 11) is 0. The summed E-state index contributed by atoms with van der Waals surface area (Å²) in [6, 6.07) is 5.05. The van der Waals surface area contributed by atoms with Crippen molar-refractivity contribution in [1.29, 1.82) is 0 Å². The molecule has 2 rings (SSSR count). The van der Waals surface area contributed by atoms with Crippen LogP contribution in [0.3, 0.4) is 0 Å². The number of hydrogen-bond donors (Lipinski definition) is 0. The highest BCUT2D eigenvalue weighted by Crippen LogP contribution is 2.35. The molecule has 0 radical (unpaired) electrons. The molecule has 0 spiro atoms. The number of benzene rings is 1. The molecule has 2 nitrogen and oxygen atoms in total. The Morgan fingerprint density at radius 2 is 1.76 bits per heavy atom. The van der Waals surface area contributed by atoms with E-state index in [1.54, 1.807) is 24.4 Å². The molecule has 0 saturated heterocycles. The van der Waals surface area contributed by atoms with Gasteiger partial charge in [0.2, 0.25) is 0 Å². The molecule has 17 heavy (non-hydrogen) atoms. The molecule has 5 heteroatoms. The molecule has 0 N–H and O–H groups in total. The summed E-state index contributed by atoms with van der Waals surface area (Å²) in [4.78, 5) is 14.8. The number of halogens is 3. The maximum atomic E-state index is 10.9. The van der Waals surface area contributed by atoms with Crippen LogP contribution in [-0.2, 0) is 0 Å². The van der Waals surface area contributed by atoms with Crippen LogP contribution < -0.4 is 0 Å². The molecule has 0 atom stereocenters. The fourth-order valence-electron chi connectivity index (χ4n) is 1.47. The van der Waals surface area contributed by atoms with Crippen molar-refractivity contribution in [3.63, 3.8) is 0 Å². The lowest BCUT2D eigenvalue weighted by atomic mass is 10.0. The van der Waals surface area contributed by atoms with Gasteiger partial charge >= 0.3 is 0 Å². The van der Waals surface area contributed by atoms with Crippen molar-refractivity contribution in [3.05, 3.63) is 51.2 Å². The number of nitrogens with zero attached hydrogens (tertiary/aromatic N) is 1. The molecule has 0 unspecified atom stereocenters. The van der Waals surface area contributed by atoms with Crippen LogP contribution in [0.4, 0.5) is 0 Å². The third-order valence-corrected chi connectivity index (χ3v) is 3.47. The number of aldehydes is 1. The monoisotopic (exact) mass is 285 g/mol. The van der Waals surface area contributed by atoms with E-state index < -0.39 is 0 Å². The zero-order chi connectivity index (χ0) is 12.4. The summed E-state index contributed by atoms with van der Waals surface area (Å²) < 4.78 is 0. The van der Waals surface area contributed by atoms with E-state index in [0.717, 1.165) is 17.4 Å². The molecule has 0 saturated carbocycles. The molecule has 86 valence electrons. The van der Waals surface area contributed by atoms with Gasteiger partial charge in [0.1, 0.15) is 0 Å². The van der Waals surface area contributed by atoms with Gasteiger partial charge in [0.15, 0.2) is 6.29 Å². The molecule has 0 aliphatic carbocycles. The molecule has 0 aliphatic heterocycles. The normalized spacial score (nSPS) is 10.3. The topological polar surface area (TPSA) is 30.0 Å². The van der Waals surface area contributed by atoms with Gasteiger partial charge in [-0.2, -0.15) is 0 Å². The molecule has 1 heterocycles. The van der Waals surface area contributed by atoms with Crippen molar-refractivity contribution in [2.75, 3.05) is 0 Å². The maximum Gasteiger partial charge on any atom is 0.152 e. The Labute approximate surface area is 113 Å². The van der Waals surface area contributed by atoms with Gasteiger partial charge in [-0.3, -0.25) is 9.78 Å². The Hall–Kier alpha value is -1.09. The average molecular weight is 287 g/mol. The average Bonchev–Trinajstić information content (AvgIpc) is 2.35. The third kappa shape index (κ3) is 2.44. The van der Waals surface area contributed by atoms with E-state index in [4.69, 9.17) is 34.8 Å². The first kappa shape index (κ1) is 12.4. The molecule has 0 aliphatic rings. The van der Waals surface area contributed by atoms with Gasteiger partial charge in [0, 0.05) is 18.0 Å². The second-order valence-electron chi connectivity index (χ2n) is 3.33. The van der Waals surface area contributed by atoms with E-state index in [-0.39, 0.29) is 0 Å². The Kier molecular flexibility index (Phi) is 3.67. The van der Waals surface area contributed by atoms with E-state index in [9.17, 15) is 4.79 Å². The third-order valence-electron chi connectivity index (χ3n) is 2.27. The fourth-order valence-corrected chi connectivity index (χ4v) is 2.07. The first-order valence-corrected chi connectivity index (χ1v) is 5.81. The molecule has 2 aromatic rings. The van der Waals surface area contributed by atoms with Gasteiger partial charge in [-0.05, 0) is 29.3 Å². The van der Waals surface area contributed by atoms with Crippen LogP contribution in [0.5, 0.6) is 0 Å². The van der Waals surface area contributed by atoms with Crippen molar-refractivity contribution in [1.82, 2.24) is 4.98 Å². The number of hydrogen-bond acceptors (Lipinski definition) is 2. The van der Waals surface area contributed by atoms with Crippen molar-refractivity contribution in [2.45, 2.75) is 0 Å². The van der Waals surface area contributed by atoms with Gasteiger partial charge in [0.25, 0.3) is 0 Å². The second kappa shape index (κ2) is 5.05. The number of rotatable bonds is 2. The first-order valence-electron chi connectivity index (χ1n) is 4.67. The van der Waals surface area contributed by atoms with Crippen LogP contribution >= 0.6 is 34.8 Å². The van der Waals surface area contributed by atoms with Gasteiger partial charge in [-0.15, -0.1) is 0 Å². The lowest BCUT2D eigenvalue weighted by Gasteiger charge is -2.07. The van der Waals surface area contributed by atoms with Crippen molar-refractivity contribution < 1.29 is 4.79 Å². The van der Waals surface area contributed by atoms with Crippen LogP contribution in [0.15, 0.2) is 30.6 Å². The lowest BCUT2D eigenvalue weighted by molar-refractivity contribution is 0.112. The van der Waals surface area contributed by atoms with Crippen molar-refractivity contribution in [3.8, 4) is 11.1 Å². The fraction of sp³-hybridized carbons (Fsp3) is 0. The first-order chi connectivity index (χ1) is 8.13. The molecule has 0 amide bonds. The number of aromatic nitrogens is 1. The maximum absolute atomic E-state index is 10.9. The van der Waals surface area contributed by atoms with Crippen LogP contribution in [-0.4, -0.2) is 11.3 Å². The van der Waals surface area contributed by atoms with Gasteiger partial charge < -0.3 is 0 Å². The minimum absolute atomic E-state index is 0.304. The summed E-state index contributed by atoms with van der Waals surface area (Å²) in [6.45, 7) is 0. The lowest BCUT2D eigenvalue weighted by Crippen LogP contribution is -1.89.